The third-order valence-corrected chi connectivity index (χ3v) is 16.1. The van der Waals surface area contributed by atoms with Crippen LogP contribution in [-0.2, 0) is 0 Å². The number of rotatable bonds is 12. The molecule has 0 unspecified atom stereocenters. The van der Waals surface area contributed by atoms with Crippen molar-refractivity contribution >= 4 is 133 Å². The van der Waals surface area contributed by atoms with Crippen LogP contribution in [0.15, 0.2) is 328 Å². The average molecular weight is 1050 g/mol. The number of nitrogens with zero attached hydrogens (tertiary/aromatic N) is 4. The molecular weight excluding hydrogens is 993 g/mol. The fourth-order valence-corrected chi connectivity index (χ4v) is 12.1. The number of fused-ring (bicyclic) bond motifs is 6. The Labute approximate surface area is 477 Å². The second-order valence-corrected chi connectivity index (χ2v) is 21.0. The molecule has 0 bridgehead atoms. The summed E-state index contributed by atoms with van der Waals surface area (Å²) in [5.74, 6) is 0. The van der Waals surface area contributed by atoms with Gasteiger partial charge < -0.3 is 19.6 Å². The zero-order chi connectivity index (χ0) is 54.3. The van der Waals surface area contributed by atoms with Gasteiger partial charge in [-0.1, -0.05) is 200 Å². The number of hydrogen-bond donors (Lipinski definition) is 0. The molecule has 0 heterocycles. The lowest BCUT2D eigenvalue weighted by Crippen LogP contribution is -2.14. The first-order valence-electron chi connectivity index (χ1n) is 28.1. The topological polar surface area (TPSA) is 13.0 Å². The maximum atomic E-state index is 2.40. The Bertz CT molecular complexity index is 4330. The van der Waals surface area contributed by atoms with Crippen LogP contribution in [0.4, 0.5) is 68.2 Å². The molecule has 15 aromatic carbocycles. The number of anilines is 12. The molecule has 0 radical (unpaired) electrons. The molecule has 0 fully saturated rings. The summed E-state index contributed by atoms with van der Waals surface area (Å²) in [6.07, 6.45) is 0. The molecular formula is C78H54N4. The number of benzene rings is 15. The van der Waals surface area contributed by atoms with Gasteiger partial charge in [-0.25, -0.2) is 0 Å². The van der Waals surface area contributed by atoms with Gasteiger partial charge in [0.15, 0.2) is 0 Å². The van der Waals surface area contributed by atoms with Crippen LogP contribution in [-0.4, -0.2) is 0 Å². The molecule has 0 atom stereocenters. The molecule has 0 aromatic heterocycles. The summed E-state index contributed by atoms with van der Waals surface area (Å²) < 4.78 is 0. The Balaban J connectivity index is 0.881. The van der Waals surface area contributed by atoms with Crippen molar-refractivity contribution in [2.45, 2.75) is 0 Å². The van der Waals surface area contributed by atoms with Gasteiger partial charge in [0, 0.05) is 67.3 Å². The molecule has 82 heavy (non-hydrogen) atoms. The van der Waals surface area contributed by atoms with Gasteiger partial charge >= 0.3 is 0 Å². The molecule has 0 aliphatic rings. The average Bonchev–Trinajstić information content (AvgIpc) is 3.66. The van der Waals surface area contributed by atoms with E-state index in [2.05, 4.69) is 347 Å². The maximum absolute atomic E-state index is 2.40. The Hall–Kier alpha value is -10.9. The molecule has 386 valence electrons. The van der Waals surface area contributed by atoms with Crippen molar-refractivity contribution in [3.8, 4) is 0 Å². The van der Waals surface area contributed by atoms with E-state index in [0.29, 0.717) is 0 Å². The van der Waals surface area contributed by atoms with Crippen LogP contribution in [0, 0.1) is 0 Å². The summed E-state index contributed by atoms with van der Waals surface area (Å²) in [6.45, 7) is 0. The summed E-state index contributed by atoms with van der Waals surface area (Å²) in [5.41, 5.74) is 12.9. The van der Waals surface area contributed by atoms with Crippen molar-refractivity contribution in [3.05, 3.63) is 328 Å². The molecule has 0 aliphatic carbocycles. The molecule has 0 amide bonds. The maximum Gasteiger partial charge on any atom is 0.0540 e. The fraction of sp³-hybridized carbons (Fsp3) is 0. The van der Waals surface area contributed by atoms with Crippen molar-refractivity contribution < 1.29 is 0 Å². The SMILES string of the molecule is c1ccc2cc(N(c3ccc(N(c4ccc(N(c5ccc6ccccc6c5)c5cccc6ccccc56)cc4)c4ccc(N(c5ccc6ccccc6c5)c5cccc6ccccc56)cc4)cc3)c3cccc4ccccc34)ccc2c1. The lowest BCUT2D eigenvalue weighted by atomic mass is 10.0. The van der Waals surface area contributed by atoms with Crippen LogP contribution < -0.4 is 19.6 Å². The Morgan fingerprint density at radius 1 is 0.134 bits per heavy atom. The third kappa shape index (κ3) is 8.86. The minimum atomic E-state index is 1.03. The van der Waals surface area contributed by atoms with Gasteiger partial charge in [0.25, 0.3) is 0 Å². The van der Waals surface area contributed by atoms with E-state index in [1.807, 2.05) is 0 Å². The smallest absolute Gasteiger partial charge is 0.0540 e. The first kappa shape index (κ1) is 48.2. The van der Waals surface area contributed by atoms with E-state index < -0.39 is 0 Å². The molecule has 0 saturated carbocycles. The van der Waals surface area contributed by atoms with Crippen LogP contribution in [0.25, 0.3) is 64.6 Å². The Morgan fingerprint density at radius 3 is 0.622 bits per heavy atom. The standard InChI is InChI=1S/C78H54N4/c1-4-22-61-52-70(37-34-55(61)16-1)80(76-31-13-25-58-19-7-10-28-73(58)76)67-46-40-64(41-47-67)79(65-42-48-68(49-43-65)81(71-38-35-56-17-2-5-23-62(56)53-71)77-32-14-26-59-20-8-11-29-74(59)77)66-44-50-69(51-45-66)82(72-39-36-57-18-3-6-24-63(57)54-72)78-33-15-27-60-21-9-12-30-75(60)78/h1-54H. The normalized spacial score (nSPS) is 11.4. The van der Waals surface area contributed by atoms with E-state index >= 15 is 0 Å². The quantitative estimate of drug-likeness (QED) is 0.121. The van der Waals surface area contributed by atoms with Crippen molar-refractivity contribution in [2.75, 3.05) is 19.6 Å². The van der Waals surface area contributed by atoms with Crippen molar-refractivity contribution in [2.24, 2.45) is 0 Å². The van der Waals surface area contributed by atoms with E-state index in [-0.39, 0.29) is 0 Å². The van der Waals surface area contributed by atoms with E-state index in [9.17, 15) is 0 Å². The molecule has 0 saturated heterocycles. The molecule has 4 nitrogen and oxygen atoms in total. The van der Waals surface area contributed by atoms with Crippen LogP contribution >= 0.6 is 0 Å². The monoisotopic (exact) mass is 1050 g/mol. The summed E-state index contributed by atoms with van der Waals surface area (Å²) in [6, 6.07) is 119. The first-order chi connectivity index (χ1) is 40.6. The second kappa shape index (κ2) is 20.7. The highest BCUT2D eigenvalue weighted by molar-refractivity contribution is 6.04. The number of hydrogen-bond acceptors (Lipinski definition) is 4. The highest BCUT2D eigenvalue weighted by Crippen LogP contribution is 2.46. The summed E-state index contributed by atoms with van der Waals surface area (Å²) in [5, 5.41) is 14.4. The lowest BCUT2D eigenvalue weighted by molar-refractivity contribution is 1.24. The van der Waals surface area contributed by atoms with E-state index in [0.717, 1.165) is 68.2 Å². The molecule has 4 heteroatoms. The second-order valence-electron chi connectivity index (χ2n) is 21.0. The first-order valence-corrected chi connectivity index (χ1v) is 28.1. The van der Waals surface area contributed by atoms with Crippen LogP contribution in [0.1, 0.15) is 0 Å². The van der Waals surface area contributed by atoms with Gasteiger partial charge in [0.2, 0.25) is 0 Å². The van der Waals surface area contributed by atoms with Gasteiger partial charge in [-0.15, -0.1) is 0 Å². The van der Waals surface area contributed by atoms with Gasteiger partial charge in [0.05, 0.1) is 17.1 Å². The predicted molar refractivity (Wildman–Crippen MR) is 350 cm³/mol. The van der Waals surface area contributed by atoms with Crippen molar-refractivity contribution in [1.82, 2.24) is 0 Å². The molecule has 15 aromatic rings. The van der Waals surface area contributed by atoms with Gasteiger partial charge in [-0.05, 0) is 176 Å². The fourth-order valence-electron chi connectivity index (χ4n) is 12.1. The van der Waals surface area contributed by atoms with Crippen molar-refractivity contribution in [1.29, 1.82) is 0 Å². The predicted octanol–water partition coefficient (Wildman–Crippen LogP) is 22.5. The molecule has 0 aliphatic heterocycles. The van der Waals surface area contributed by atoms with Crippen LogP contribution in [0.5, 0.6) is 0 Å². The van der Waals surface area contributed by atoms with Gasteiger partial charge in [-0.2, -0.15) is 0 Å². The Kier molecular flexibility index (Phi) is 12.2. The summed E-state index contributed by atoms with van der Waals surface area (Å²) in [4.78, 5) is 9.58. The zero-order valence-corrected chi connectivity index (χ0v) is 45.0. The lowest BCUT2D eigenvalue weighted by Gasteiger charge is -2.31. The highest BCUT2D eigenvalue weighted by Gasteiger charge is 2.22. The minimum absolute atomic E-state index is 1.03. The highest BCUT2D eigenvalue weighted by atomic mass is 15.2. The van der Waals surface area contributed by atoms with E-state index in [1.54, 1.807) is 0 Å². The van der Waals surface area contributed by atoms with E-state index in [1.165, 1.54) is 64.6 Å². The summed E-state index contributed by atoms with van der Waals surface area (Å²) >= 11 is 0. The van der Waals surface area contributed by atoms with Crippen molar-refractivity contribution in [3.63, 3.8) is 0 Å². The largest absolute Gasteiger partial charge is 0.310 e. The molecule has 15 rings (SSSR count). The van der Waals surface area contributed by atoms with Gasteiger partial charge in [-0.3, -0.25) is 0 Å². The molecule has 0 spiro atoms. The zero-order valence-electron chi connectivity index (χ0n) is 45.0. The third-order valence-electron chi connectivity index (χ3n) is 16.1. The minimum Gasteiger partial charge on any atom is -0.310 e. The van der Waals surface area contributed by atoms with Crippen LogP contribution in [0.3, 0.4) is 0 Å². The summed E-state index contributed by atoms with van der Waals surface area (Å²) in [7, 11) is 0. The Morgan fingerprint density at radius 2 is 0.341 bits per heavy atom. The van der Waals surface area contributed by atoms with Gasteiger partial charge in [0.1, 0.15) is 0 Å². The molecule has 0 N–H and O–H groups in total. The van der Waals surface area contributed by atoms with E-state index in [4.69, 9.17) is 0 Å². The van der Waals surface area contributed by atoms with Crippen LogP contribution in [0.2, 0.25) is 0 Å².